The van der Waals surface area contributed by atoms with Crippen molar-refractivity contribution in [1.82, 2.24) is 0 Å². The van der Waals surface area contributed by atoms with Crippen LogP contribution in [0.5, 0.6) is 5.75 Å². The van der Waals surface area contributed by atoms with E-state index in [-0.39, 0.29) is 18.8 Å². The molecular weight excluding hydrogens is 374 g/mol. The van der Waals surface area contributed by atoms with Gasteiger partial charge in [-0.1, -0.05) is 48.5 Å². The van der Waals surface area contributed by atoms with Crippen LogP contribution >= 0.6 is 0 Å². The normalized spacial score (nSPS) is 19.5. The van der Waals surface area contributed by atoms with Gasteiger partial charge in [-0.25, -0.2) is 4.79 Å². The summed E-state index contributed by atoms with van der Waals surface area (Å²) in [5.74, 6) is -4.09. The lowest BCUT2D eigenvalue weighted by Crippen LogP contribution is -2.63. The van der Waals surface area contributed by atoms with Crippen molar-refractivity contribution in [2.75, 3.05) is 7.11 Å². The number of benzene rings is 2. The molecule has 7 heteroatoms. The van der Waals surface area contributed by atoms with E-state index >= 15 is 0 Å². The first kappa shape index (κ1) is 20.3. The summed E-state index contributed by atoms with van der Waals surface area (Å²) in [6.07, 6.45) is 4.10. The number of hydrogen-bond donors (Lipinski definition) is 1. The fourth-order valence-electron chi connectivity index (χ4n) is 3.08. The number of aliphatic carboxylic acids is 1. The fraction of sp³-hybridized carbons (Fsp3) is 0.227. The van der Waals surface area contributed by atoms with Crippen molar-refractivity contribution in [3.8, 4) is 5.75 Å². The molecule has 2 aromatic rings. The molecule has 0 bridgehead atoms. The molecule has 150 valence electrons. The lowest BCUT2D eigenvalue weighted by Gasteiger charge is -2.40. The highest BCUT2D eigenvalue weighted by atomic mass is 16.7. The van der Waals surface area contributed by atoms with E-state index in [1.807, 2.05) is 18.2 Å². The molecule has 2 unspecified atom stereocenters. The van der Waals surface area contributed by atoms with Crippen LogP contribution in [0.2, 0.25) is 0 Å². The molecule has 1 aliphatic heterocycles. The number of ether oxygens (including phenoxy) is 3. The van der Waals surface area contributed by atoms with Gasteiger partial charge in [0.15, 0.2) is 5.54 Å². The summed E-state index contributed by atoms with van der Waals surface area (Å²) in [7, 11) is 1.23. The van der Waals surface area contributed by atoms with Gasteiger partial charge in [-0.2, -0.15) is 0 Å². The Labute approximate surface area is 168 Å². The summed E-state index contributed by atoms with van der Waals surface area (Å²) in [6.45, 7) is -0.0632. The van der Waals surface area contributed by atoms with Crippen LogP contribution in [-0.4, -0.2) is 41.7 Å². The topological polar surface area (TPSA) is 94.4 Å². The highest BCUT2D eigenvalue weighted by Gasteiger charge is 2.62. The molecule has 3 rings (SSSR count). The van der Waals surface area contributed by atoms with Crippen molar-refractivity contribution >= 4 is 18.2 Å². The summed E-state index contributed by atoms with van der Waals surface area (Å²) in [4.78, 5) is 29.0. The number of nitrogens with zero attached hydrogens (tertiary/aromatic N) is 1. The zero-order valence-electron chi connectivity index (χ0n) is 15.9. The van der Waals surface area contributed by atoms with E-state index in [0.29, 0.717) is 0 Å². The maximum absolute atomic E-state index is 12.6. The van der Waals surface area contributed by atoms with Gasteiger partial charge in [-0.05, 0) is 29.8 Å². The third-order valence-electron chi connectivity index (χ3n) is 4.55. The van der Waals surface area contributed by atoms with Crippen molar-refractivity contribution in [3.05, 3.63) is 78.4 Å². The molecule has 0 saturated heterocycles. The van der Waals surface area contributed by atoms with E-state index in [1.54, 1.807) is 48.5 Å². The first-order valence-corrected chi connectivity index (χ1v) is 8.96. The maximum Gasteiger partial charge on any atom is 0.380 e. The number of carboxylic acid groups (broad SMARTS) is 1. The Bertz CT molecular complexity index is 897. The van der Waals surface area contributed by atoms with Crippen LogP contribution in [0.25, 0.3) is 0 Å². The molecule has 0 aliphatic carbocycles. The summed E-state index contributed by atoms with van der Waals surface area (Å²) in [5, 5.41) is 10.3. The third kappa shape index (κ3) is 4.20. The number of hydrogen-bond acceptors (Lipinski definition) is 6. The van der Waals surface area contributed by atoms with Gasteiger partial charge in [0.2, 0.25) is 0 Å². The molecule has 7 nitrogen and oxygen atoms in total. The van der Waals surface area contributed by atoms with Crippen molar-refractivity contribution in [3.63, 3.8) is 0 Å². The number of carbonyl (C=O) groups is 2. The second-order valence-electron chi connectivity index (χ2n) is 6.43. The Morgan fingerprint density at radius 1 is 1.07 bits per heavy atom. The third-order valence-corrected chi connectivity index (χ3v) is 4.55. The van der Waals surface area contributed by atoms with Crippen LogP contribution in [-0.2, 0) is 25.7 Å². The lowest BCUT2D eigenvalue weighted by atomic mass is 9.85. The highest BCUT2D eigenvalue weighted by Crippen LogP contribution is 2.40. The minimum absolute atomic E-state index is 0.0632. The number of para-hydroxylation sites is 1. The number of rotatable bonds is 9. The van der Waals surface area contributed by atoms with Gasteiger partial charge in [-0.15, -0.1) is 0 Å². The van der Waals surface area contributed by atoms with E-state index in [9.17, 15) is 14.7 Å². The van der Waals surface area contributed by atoms with Gasteiger partial charge in [0.1, 0.15) is 5.75 Å². The Morgan fingerprint density at radius 3 is 2.28 bits per heavy atom. The second-order valence-corrected chi connectivity index (χ2v) is 6.43. The molecule has 0 saturated carbocycles. The van der Waals surface area contributed by atoms with Gasteiger partial charge < -0.3 is 19.3 Å². The largest absolute Gasteiger partial charge is 0.476 e. The van der Waals surface area contributed by atoms with Crippen LogP contribution in [0.3, 0.4) is 0 Å². The molecule has 0 radical (unpaired) electrons. The van der Waals surface area contributed by atoms with Crippen LogP contribution in [0.1, 0.15) is 12.0 Å². The average molecular weight is 395 g/mol. The van der Waals surface area contributed by atoms with Gasteiger partial charge >= 0.3 is 17.7 Å². The Hall–Kier alpha value is -3.45. The summed E-state index contributed by atoms with van der Waals surface area (Å²) in [5.41, 5.74) is -0.898. The minimum atomic E-state index is -2.30. The molecular formula is C22H21NO6. The number of carbonyl (C=O) groups excluding carboxylic acids is 1. The standard InChI is InChI=1S/C22H21NO6/c1-27-19(24)15-21(13-8-14-23-21)22(20(25)26,29-18-11-6-3-7-12-18)28-16-17-9-4-2-5-10-17/h2-14H,15-16H2,1H3,(H,25,26). The van der Waals surface area contributed by atoms with E-state index in [2.05, 4.69) is 4.99 Å². The van der Waals surface area contributed by atoms with Crippen molar-refractivity contribution in [2.45, 2.75) is 24.4 Å². The molecule has 1 heterocycles. The monoisotopic (exact) mass is 395 g/mol. The summed E-state index contributed by atoms with van der Waals surface area (Å²) in [6, 6.07) is 17.5. The van der Waals surface area contributed by atoms with E-state index in [4.69, 9.17) is 14.2 Å². The summed E-state index contributed by atoms with van der Waals surface area (Å²) >= 11 is 0. The second kappa shape index (κ2) is 8.70. The highest BCUT2D eigenvalue weighted by molar-refractivity contribution is 5.86. The van der Waals surface area contributed by atoms with Gasteiger partial charge in [0, 0.05) is 6.21 Å². The summed E-state index contributed by atoms with van der Waals surface area (Å²) < 4.78 is 16.6. The number of esters is 1. The maximum atomic E-state index is 12.6. The molecule has 29 heavy (non-hydrogen) atoms. The molecule has 1 N–H and O–H groups in total. The van der Waals surface area contributed by atoms with Crippen LogP contribution in [0.4, 0.5) is 0 Å². The Morgan fingerprint density at radius 2 is 1.72 bits per heavy atom. The van der Waals surface area contributed by atoms with Crippen LogP contribution in [0, 0.1) is 0 Å². The van der Waals surface area contributed by atoms with Crippen molar-refractivity contribution < 1.29 is 28.9 Å². The number of methoxy groups -OCH3 is 1. The zero-order valence-corrected chi connectivity index (χ0v) is 15.9. The molecule has 0 spiro atoms. The molecule has 0 fully saturated rings. The van der Waals surface area contributed by atoms with Crippen molar-refractivity contribution in [2.24, 2.45) is 4.99 Å². The SMILES string of the molecule is COC(=O)CC1(C(OCc2ccccc2)(Oc2ccccc2)C(=O)O)C=CC=N1. The van der Waals surface area contributed by atoms with E-state index in [1.165, 1.54) is 19.4 Å². The van der Waals surface area contributed by atoms with E-state index in [0.717, 1.165) is 5.56 Å². The molecule has 2 atom stereocenters. The molecule has 1 aliphatic rings. The van der Waals surface area contributed by atoms with Gasteiger partial charge in [0.25, 0.3) is 0 Å². The Kier molecular flexibility index (Phi) is 6.09. The quantitative estimate of drug-likeness (QED) is 0.518. The predicted octanol–water partition coefficient (Wildman–Crippen LogP) is 3.01. The first-order valence-electron chi connectivity index (χ1n) is 8.96. The molecule has 2 aromatic carbocycles. The lowest BCUT2D eigenvalue weighted by molar-refractivity contribution is -0.235. The van der Waals surface area contributed by atoms with Gasteiger partial charge in [-0.3, -0.25) is 9.79 Å². The van der Waals surface area contributed by atoms with Crippen molar-refractivity contribution in [1.29, 1.82) is 0 Å². The number of allylic oxidation sites excluding steroid dienone is 1. The molecule has 0 aromatic heterocycles. The first-order chi connectivity index (χ1) is 14.0. The minimum Gasteiger partial charge on any atom is -0.476 e. The number of carboxylic acids is 1. The van der Waals surface area contributed by atoms with E-state index < -0.39 is 23.3 Å². The number of aliphatic imine (C=N–C) groups is 1. The smallest absolute Gasteiger partial charge is 0.380 e. The molecule has 0 amide bonds. The Balaban J connectivity index is 2.06. The fourth-order valence-corrected chi connectivity index (χ4v) is 3.08. The average Bonchev–Trinajstić information content (AvgIpc) is 3.22. The van der Waals surface area contributed by atoms with Crippen LogP contribution in [0.15, 0.2) is 77.8 Å². The van der Waals surface area contributed by atoms with Gasteiger partial charge in [0.05, 0.1) is 20.1 Å². The zero-order chi connectivity index (χ0) is 20.7. The predicted molar refractivity (Wildman–Crippen MR) is 106 cm³/mol. The van der Waals surface area contributed by atoms with Crippen LogP contribution < -0.4 is 4.74 Å².